The van der Waals surface area contributed by atoms with Crippen LogP contribution in [0.5, 0.6) is 5.88 Å². The van der Waals surface area contributed by atoms with Crippen LogP contribution in [0, 0.1) is 3.95 Å². The molecule has 0 fully saturated rings. The van der Waals surface area contributed by atoms with Gasteiger partial charge in [-0.2, -0.15) is 0 Å². The van der Waals surface area contributed by atoms with Crippen molar-refractivity contribution in [2.75, 3.05) is 11.9 Å². The van der Waals surface area contributed by atoms with Crippen molar-refractivity contribution in [3.63, 3.8) is 0 Å². The summed E-state index contributed by atoms with van der Waals surface area (Å²) in [6, 6.07) is 15.7. The molecule has 9 heteroatoms. The van der Waals surface area contributed by atoms with Crippen LogP contribution in [0.3, 0.4) is 0 Å². The Morgan fingerprint density at radius 1 is 1.22 bits per heavy atom. The van der Waals surface area contributed by atoms with Crippen LogP contribution in [0.2, 0.25) is 0 Å². The van der Waals surface area contributed by atoms with Crippen LogP contribution < -0.4 is 5.32 Å². The lowest BCUT2D eigenvalue weighted by Crippen LogP contribution is -2.24. The number of nitrogens with one attached hydrogen (secondary N) is 1. The monoisotopic (exact) mass is 469 g/mol. The number of aromatic hydroxyl groups is 1. The van der Waals surface area contributed by atoms with Crippen molar-refractivity contribution in [1.29, 1.82) is 0 Å². The van der Waals surface area contributed by atoms with Crippen molar-refractivity contribution in [1.82, 2.24) is 4.57 Å². The van der Waals surface area contributed by atoms with E-state index >= 15 is 0 Å². The highest BCUT2D eigenvalue weighted by molar-refractivity contribution is 7.73. The number of nitrogens with zero attached hydrogens (tertiary/aromatic N) is 2. The summed E-state index contributed by atoms with van der Waals surface area (Å²) in [6.07, 6.45) is 1.84. The molecule has 0 saturated heterocycles. The van der Waals surface area contributed by atoms with E-state index < -0.39 is 12.0 Å². The van der Waals surface area contributed by atoms with Gasteiger partial charge in [0.15, 0.2) is 3.95 Å². The Bertz CT molecular complexity index is 1170. The number of ether oxygens (including phenoxy) is 1. The minimum Gasteiger partial charge on any atom is -0.493 e. The van der Waals surface area contributed by atoms with Gasteiger partial charge in [0, 0.05) is 19.0 Å². The number of hydrogen-bond acceptors (Lipinski definition) is 7. The van der Waals surface area contributed by atoms with Gasteiger partial charge in [-0.15, -0.1) is 0 Å². The molecule has 1 atom stereocenters. The molecular weight excluding hydrogens is 446 g/mol. The average Bonchev–Trinajstić information content (AvgIpc) is 3.05. The van der Waals surface area contributed by atoms with Crippen LogP contribution in [0.15, 0.2) is 59.6 Å². The molecule has 2 N–H and O–H groups in total. The molecule has 0 aliphatic rings. The zero-order chi connectivity index (χ0) is 23.1. The molecule has 3 aromatic rings. The SMILES string of the molecule is CCOC(=O)C(Cc1ccccc1)n1c(O)c(C=Nc2ccc(NC(C)=O)cc2)sc1=S. The first kappa shape index (κ1) is 23.4. The molecule has 0 aliphatic heterocycles. The average molecular weight is 470 g/mol. The summed E-state index contributed by atoms with van der Waals surface area (Å²) in [5, 5.41) is 13.5. The first-order valence-corrected chi connectivity index (χ1v) is 11.2. The van der Waals surface area contributed by atoms with Crippen molar-refractivity contribution < 1.29 is 19.4 Å². The smallest absolute Gasteiger partial charge is 0.329 e. The van der Waals surface area contributed by atoms with E-state index in [4.69, 9.17) is 17.0 Å². The normalized spacial score (nSPS) is 11.9. The van der Waals surface area contributed by atoms with Crippen molar-refractivity contribution >= 4 is 53.0 Å². The fourth-order valence-electron chi connectivity index (χ4n) is 3.08. The van der Waals surface area contributed by atoms with Crippen molar-refractivity contribution in [3.8, 4) is 5.88 Å². The summed E-state index contributed by atoms with van der Waals surface area (Å²) in [6.45, 7) is 3.40. The summed E-state index contributed by atoms with van der Waals surface area (Å²) < 4.78 is 7.01. The van der Waals surface area contributed by atoms with Crippen molar-refractivity contribution in [3.05, 3.63) is 69.0 Å². The largest absolute Gasteiger partial charge is 0.493 e. The minimum absolute atomic E-state index is 0.132. The molecule has 1 heterocycles. The number of hydrogen-bond donors (Lipinski definition) is 2. The Balaban J connectivity index is 1.88. The predicted octanol–water partition coefficient (Wildman–Crippen LogP) is 5.04. The summed E-state index contributed by atoms with van der Waals surface area (Å²) in [4.78, 5) is 28.6. The van der Waals surface area contributed by atoms with Crippen molar-refractivity contribution in [2.45, 2.75) is 26.3 Å². The van der Waals surface area contributed by atoms with Crippen LogP contribution in [-0.2, 0) is 20.7 Å². The molecular formula is C23H23N3O4S2. The highest BCUT2D eigenvalue weighted by atomic mass is 32.1. The Morgan fingerprint density at radius 3 is 2.53 bits per heavy atom. The molecule has 1 unspecified atom stereocenters. The molecule has 1 aromatic heterocycles. The molecule has 0 saturated carbocycles. The molecule has 0 spiro atoms. The Morgan fingerprint density at radius 2 is 1.91 bits per heavy atom. The molecule has 0 bridgehead atoms. The van der Waals surface area contributed by atoms with E-state index in [1.165, 1.54) is 17.7 Å². The summed E-state index contributed by atoms with van der Waals surface area (Å²) in [5.74, 6) is -0.746. The Kier molecular flexibility index (Phi) is 7.91. The van der Waals surface area contributed by atoms with E-state index in [0.29, 0.717) is 26.6 Å². The number of rotatable bonds is 8. The van der Waals surface area contributed by atoms with Gasteiger partial charge >= 0.3 is 5.97 Å². The van der Waals surface area contributed by atoms with Crippen LogP contribution in [0.1, 0.15) is 30.3 Å². The second kappa shape index (κ2) is 10.8. The van der Waals surface area contributed by atoms with E-state index in [0.717, 1.165) is 16.9 Å². The topological polar surface area (TPSA) is 92.9 Å². The van der Waals surface area contributed by atoms with Gasteiger partial charge in [0.05, 0.1) is 18.5 Å². The fourth-order valence-corrected chi connectivity index (χ4v) is 4.35. The van der Waals surface area contributed by atoms with Gasteiger partial charge in [-0.1, -0.05) is 41.7 Å². The Labute approximate surface area is 195 Å². The molecule has 7 nitrogen and oxygen atoms in total. The van der Waals surface area contributed by atoms with Gasteiger partial charge in [-0.3, -0.25) is 14.4 Å². The minimum atomic E-state index is -0.791. The molecule has 2 aromatic carbocycles. The lowest BCUT2D eigenvalue weighted by Gasteiger charge is -2.18. The molecule has 32 heavy (non-hydrogen) atoms. The van der Waals surface area contributed by atoms with Crippen LogP contribution in [0.4, 0.5) is 11.4 Å². The molecule has 0 radical (unpaired) electrons. The first-order valence-electron chi connectivity index (χ1n) is 9.95. The maximum Gasteiger partial charge on any atom is 0.329 e. The standard InChI is InChI=1S/C23H23N3O4S2/c1-3-30-22(29)19(13-16-7-5-4-6-8-16)26-21(28)20(32-23(26)31)14-24-17-9-11-18(12-10-17)25-15(2)27/h4-12,14,19,28H,3,13H2,1-2H3,(H,25,27). The number of aliphatic imine (C=N–C) groups is 1. The molecule has 3 rings (SSSR count). The van der Waals surface area contributed by atoms with E-state index in [1.807, 2.05) is 30.3 Å². The number of carbonyl (C=O) groups is 2. The van der Waals surface area contributed by atoms with Gasteiger partial charge in [-0.25, -0.2) is 4.79 Å². The summed E-state index contributed by atoms with van der Waals surface area (Å²) in [7, 11) is 0. The predicted molar refractivity (Wildman–Crippen MR) is 129 cm³/mol. The lowest BCUT2D eigenvalue weighted by atomic mass is 10.1. The highest BCUT2D eigenvalue weighted by Gasteiger charge is 2.27. The number of esters is 1. The number of benzene rings is 2. The molecule has 0 aliphatic carbocycles. The Hall–Kier alpha value is -3.30. The quantitative estimate of drug-likeness (QED) is 0.274. The van der Waals surface area contributed by atoms with Crippen LogP contribution in [-0.4, -0.2) is 34.4 Å². The highest BCUT2D eigenvalue weighted by Crippen LogP contribution is 2.31. The summed E-state index contributed by atoms with van der Waals surface area (Å²) >= 11 is 6.62. The van der Waals surface area contributed by atoms with Gasteiger partial charge in [0.1, 0.15) is 10.9 Å². The zero-order valence-electron chi connectivity index (χ0n) is 17.6. The van der Waals surface area contributed by atoms with E-state index in [2.05, 4.69) is 10.3 Å². The second-order valence-electron chi connectivity index (χ2n) is 6.87. The molecule has 1 amide bonds. The third-order valence-corrected chi connectivity index (χ3v) is 5.83. The van der Waals surface area contributed by atoms with Crippen LogP contribution in [0.25, 0.3) is 0 Å². The number of anilines is 1. The number of thiazole rings is 1. The van der Waals surface area contributed by atoms with Gasteiger partial charge in [-0.05, 0) is 49.0 Å². The fraction of sp³-hybridized carbons (Fsp3) is 0.217. The van der Waals surface area contributed by atoms with Gasteiger partial charge in [0.25, 0.3) is 0 Å². The third-order valence-electron chi connectivity index (χ3n) is 4.50. The lowest BCUT2D eigenvalue weighted by molar-refractivity contribution is -0.147. The third kappa shape index (κ3) is 5.89. The van der Waals surface area contributed by atoms with E-state index in [-0.39, 0.29) is 18.4 Å². The van der Waals surface area contributed by atoms with E-state index in [1.54, 1.807) is 31.2 Å². The van der Waals surface area contributed by atoms with E-state index in [9.17, 15) is 14.7 Å². The number of amides is 1. The maximum absolute atomic E-state index is 12.7. The van der Waals surface area contributed by atoms with Gasteiger partial charge < -0.3 is 15.2 Å². The zero-order valence-corrected chi connectivity index (χ0v) is 19.3. The molecule has 166 valence electrons. The first-order chi connectivity index (χ1) is 15.4. The maximum atomic E-state index is 12.7. The number of aromatic nitrogens is 1. The van der Waals surface area contributed by atoms with Gasteiger partial charge in [0.2, 0.25) is 11.8 Å². The summed E-state index contributed by atoms with van der Waals surface area (Å²) in [5.41, 5.74) is 2.22. The van der Waals surface area contributed by atoms with Crippen molar-refractivity contribution in [2.24, 2.45) is 4.99 Å². The number of carbonyl (C=O) groups excluding carboxylic acids is 2. The second-order valence-corrected chi connectivity index (χ2v) is 8.55. The van der Waals surface area contributed by atoms with Crippen LogP contribution >= 0.6 is 23.6 Å².